The molecule has 0 unspecified atom stereocenters. The van der Waals surface area contributed by atoms with Crippen LogP contribution in [0.15, 0.2) is 17.3 Å². The Morgan fingerprint density at radius 3 is 2.88 bits per heavy atom. The lowest BCUT2D eigenvalue weighted by Crippen LogP contribution is -2.27. The zero-order chi connectivity index (χ0) is 12.2. The molecule has 1 N–H and O–H groups in total. The lowest BCUT2D eigenvalue weighted by molar-refractivity contribution is -0.121. The van der Waals surface area contributed by atoms with E-state index in [9.17, 15) is 13.2 Å². The summed E-state index contributed by atoms with van der Waals surface area (Å²) < 4.78 is 23.5. The van der Waals surface area contributed by atoms with E-state index in [0.29, 0.717) is 0 Å². The van der Waals surface area contributed by atoms with E-state index in [1.54, 1.807) is 0 Å². The maximum absolute atomic E-state index is 11.2. The van der Waals surface area contributed by atoms with Crippen LogP contribution in [0.1, 0.15) is 0 Å². The van der Waals surface area contributed by atoms with E-state index in [-0.39, 0.29) is 23.9 Å². The van der Waals surface area contributed by atoms with Crippen molar-refractivity contribution in [2.24, 2.45) is 0 Å². The fourth-order valence-corrected chi connectivity index (χ4v) is 1.53. The minimum atomic E-state index is -3.28. The van der Waals surface area contributed by atoms with Crippen molar-refractivity contribution in [3.63, 3.8) is 0 Å². The molecule has 0 saturated carbocycles. The molecular formula is C9H11N3O3S. The van der Waals surface area contributed by atoms with Crippen LogP contribution < -0.4 is 5.32 Å². The average Bonchev–Trinajstić information content (AvgIpc) is 2.62. The molecule has 1 amide bonds. The number of amides is 1. The summed E-state index contributed by atoms with van der Waals surface area (Å²) in [6.45, 7) is 0.0796. The zero-order valence-electron chi connectivity index (χ0n) is 8.67. The second kappa shape index (κ2) is 4.81. The normalized spacial score (nSPS) is 10.8. The maximum Gasteiger partial charge on any atom is 0.242 e. The molecule has 16 heavy (non-hydrogen) atoms. The van der Waals surface area contributed by atoms with Crippen molar-refractivity contribution >= 4 is 15.7 Å². The van der Waals surface area contributed by atoms with Crippen molar-refractivity contribution < 1.29 is 13.2 Å². The number of hydrogen-bond donors (Lipinski definition) is 1. The molecule has 1 aromatic heterocycles. The second-order valence-corrected chi connectivity index (χ2v) is 5.14. The zero-order valence-corrected chi connectivity index (χ0v) is 9.49. The number of sulfone groups is 1. The number of carbonyl (C=O) groups is 1. The highest BCUT2D eigenvalue weighted by Gasteiger charge is 2.11. The van der Waals surface area contributed by atoms with Gasteiger partial charge in [-0.2, -0.15) is 5.10 Å². The molecule has 0 aromatic carbocycles. The number of terminal acetylenes is 1. The van der Waals surface area contributed by atoms with Gasteiger partial charge in [0, 0.05) is 12.5 Å². The largest absolute Gasteiger partial charge is 0.344 e. The number of nitrogens with one attached hydrogen (secondary N) is 1. The average molecular weight is 241 g/mol. The lowest BCUT2D eigenvalue weighted by Gasteiger charge is -2.00. The summed E-state index contributed by atoms with van der Waals surface area (Å²) in [5.74, 6) is 1.94. The molecule has 1 rings (SSSR count). The van der Waals surface area contributed by atoms with Gasteiger partial charge in [0.05, 0.1) is 12.7 Å². The van der Waals surface area contributed by atoms with E-state index >= 15 is 0 Å². The molecule has 0 atom stereocenters. The van der Waals surface area contributed by atoms with Crippen LogP contribution in [0.3, 0.4) is 0 Å². The molecule has 0 fully saturated rings. The van der Waals surface area contributed by atoms with Crippen molar-refractivity contribution in [3.05, 3.63) is 12.4 Å². The minimum Gasteiger partial charge on any atom is -0.344 e. The first-order chi connectivity index (χ1) is 7.43. The molecule has 0 aliphatic rings. The SMILES string of the molecule is C#CCNC(=O)Cn1cc(S(C)(=O)=O)cn1. The topological polar surface area (TPSA) is 81.1 Å². The smallest absolute Gasteiger partial charge is 0.242 e. The van der Waals surface area contributed by atoms with Gasteiger partial charge in [-0.25, -0.2) is 8.42 Å². The quantitative estimate of drug-likeness (QED) is 0.688. The van der Waals surface area contributed by atoms with Crippen LogP contribution in [-0.4, -0.2) is 36.9 Å². The van der Waals surface area contributed by atoms with Crippen LogP contribution in [-0.2, 0) is 21.2 Å². The third kappa shape index (κ3) is 3.40. The highest BCUT2D eigenvalue weighted by atomic mass is 32.2. The first-order valence-corrected chi connectivity index (χ1v) is 6.25. The van der Waals surface area contributed by atoms with E-state index in [4.69, 9.17) is 6.42 Å². The van der Waals surface area contributed by atoms with Crippen LogP contribution >= 0.6 is 0 Å². The summed E-state index contributed by atoms with van der Waals surface area (Å²) in [5, 5.41) is 6.20. The highest BCUT2D eigenvalue weighted by molar-refractivity contribution is 7.90. The minimum absolute atomic E-state index is 0.0583. The molecule has 0 saturated heterocycles. The fraction of sp³-hybridized carbons (Fsp3) is 0.333. The van der Waals surface area contributed by atoms with Crippen molar-refractivity contribution in [1.82, 2.24) is 15.1 Å². The van der Waals surface area contributed by atoms with E-state index in [1.165, 1.54) is 17.1 Å². The first-order valence-electron chi connectivity index (χ1n) is 4.36. The number of carbonyl (C=O) groups excluding carboxylic acids is 1. The summed E-state index contributed by atoms with van der Waals surface area (Å²) in [4.78, 5) is 11.3. The van der Waals surface area contributed by atoms with Crippen molar-refractivity contribution in [2.45, 2.75) is 11.4 Å². The summed E-state index contributed by atoms with van der Waals surface area (Å²) in [5.41, 5.74) is 0. The Morgan fingerprint density at radius 2 is 2.38 bits per heavy atom. The van der Waals surface area contributed by atoms with Crippen molar-refractivity contribution in [1.29, 1.82) is 0 Å². The standard InChI is InChI=1S/C9H11N3O3S/c1-3-4-10-9(13)7-12-6-8(5-11-12)16(2,14)15/h1,5-6H,4,7H2,2H3,(H,10,13). The van der Waals surface area contributed by atoms with Gasteiger partial charge in [-0.05, 0) is 0 Å². The Hall–Kier alpha value is -1.81. The Balaban J connectivity index is 2.67. The van der Waals surface area contributed by atoms with Crippen LogP contribution in [0, 0.1) is 12.3 Å². The predicted octanol–water partition coefficient (Wildman–Crippen LogP) is -0.964. The monoisotopic (exact) mass is 241 g/mol. The molecule has 86 valence electrons. The maximum atomic E-state index is 11.2. The molecule has 7 heteroatoms. The van der Waals surface area contributed by atoms with Gasteiger partial charge in [-0.3, -0.25) is 9.48 Å². The van der Waals surface area contributed by atoms with Crippen LogP contribution in [0.25, 0.3) is 0 Å². The summed E-state index contributed by atoms with van der Waals surface area (Å²) in [6, 6.07) is 0. The second-order valence-electron chi connectivity index (χ2n) is 3.13. The Morgan fingerprint density at radius 1 is 1.69 bits per heavy atom. The Bertz CT molecular complexity index is 524. The van der Waals surface area contributed by atoms with E-state index in [2.05, 4.69) is 16.3 Å². The molecule has 1 aromatic rings. The van der Waals surface area contributed by atoms with Gasteiger partial charge in [-0.15, -0.1) is 6.42 Å². The Labute approximate surface area is 93.6 Å². The molecule has 0 bridgehead atoms. The van der Waals surface area contributed by atoms with Gasteiger partial charge < -0.3 is 5.32 Å². The molecule has 0 spiro atoms. The van der Waals surface area contributed by atoms with Crippen LogP contribution in [0.2, 0.25) is 0 Å². The molecule has 0 aliphatic carbocycles. The third-order valence-corrected chi connectivity index (χ3v) is 2.80. The number of aromatic nitrogens is 2. The fourth-order valence-electron chi connectivity index (χ4n) is 0.975. The lowest BCUT2D eigenvalue weighted by atomic mass is 10.5. The molecule has 6 nitrogen and oxygen atoms in total. The molecular weight excluding hydrogens is 230 g/mol. The van der Waals surface area contributed by atoms with Gasteiger partial charge in [0.2, 0.25) is 5.91 Å². The van der Waals surface area contributed by atoms with Gasteiger partial charge >= 0.3 is 0 Å². The Kier molecular flexibility index (Phi) is 3.68. The molecule has 0 aliphatic heterocycles. The van der Waals surface area contributed by atoms with Gasteiger partial charge in [0.15, 0.2) is 9.84 Å². The van der Waals surface area contributed by atoms with Gasteiger partial charge in [-0.1, -0.05) is 5.92 Å². The number of rotatable bonds is 4. The number of hydrogen-bond acceptors (Lipinski definition) is 4. The summed E-state index contributed by atoms with van der Waals surface area (Å²) in [6.07, 6.45) is 8.54. The van der Waals surface area contributed by atoms with E-state index in [0.717, 1.165) is 6.26 Å². The number of nitrogens with zero attached hydrogens (tertiary/aromatic N) is 2. The highest BCUT2D eigenvalue weighted by Crippen LogP contribution is 2.05. The predicted molar refractivity (Wildman–Crippen MR) is 57.2 cm³/mol. The summed E-state index contributed by atoms with van der Waals surface area (Å²) >= 11 is 0. The van der Waals surface area contributed by atoms with Crippen LogP contribution in [0.5, 0.6) is 0 Å². The van der Waals surface area contributed by atoms with Crippen LogP contribution in [0.4, 0.5) is 0 Å². The van der Waals surface area contributed by atoms with E-state index in [1.807, 2.05) is 0 Å². The van der Waals surface area contributed by atoms with E-state index < -0.39 is 9.84 Å². The first kappa shape index (κ1) is 12.3. The van der Waals surface area contributed by atoms with Gasteiger partial charge in [0.1, 0.15) is 11.4 Å². The molecule has 0 radical (unpaired) electrons. The van der Waals surface area contributed by atoms with Gasteiger partial charge in [0.25, 0.3) is 0 Å². The summed E-state index contributed by atoms with van der Waals surface area (Å²) in [7, 11) is -3.28. The third-order valence-electron chi connectivity index (χ3n) is 1.73. The molecule has 1 heterocycles. The van der Waals surface area contributed by atoms with Crippen molar-refractivity contribution in [2.75, 3.05) is 12.8 Å². The van der Waals surface area contributed by atoms with Crippen molar-refractivity contribution in [3.8, 4) is 12.3 Å².